The first-order valence-electron chi connectivity index (χ1n) is 29.1. The topological polar surface area (TPSA) is 240 Å². The van der Waals surface area contributed by atoms with Gasteiger partial charge in [-0.25, -0.2) is 34.0 Å². The van der Waals surface area contributed by atoms with Gasteiger partial charge in [-0.05, 0) is 121 Å². The molecule has 7 heterocycles. The average molecular weight is 1150 g/mol. The minimum Gasteiger partial charge on any atom is -0.444 e. The average Bonchev–Trinajstić information content (AvgIpc) is 1.80. The number of piperidine rings is 1. The third-order valence-corrected chi connectivity index (χ3v) is 16.5. The van der Waals surface area contributed by atoms with Crippen molar-refractivity contribution in [3.63, 3.8) is 0 Å². The van der Waals surface area contributed by atoms with Crippen LogP contribution in [-0.4, -0.2) is 205 Å². The number of ether oxygens (including phenoxy) is 2. The molecule has 2 aromatic carbocycles. The van der Waals surface area contributed by atoms with Crippen LogP contribution in [-0.2, 0) is 32.0 Å². The summed E-state index contributed by atoms with van der Waals surface area (Å²) < 4.78 is 26.4. The third kappa shape index (κ3) is 14.3. The van der Waals surface area contributed by atoms with Gasteiger partial charge in [-0.2, -0.15) is 5.10 Å². The number of hydrogen-bond donors (Lipinski definition) is 2. The van der Waals surface area contributed by atoms with E-state index >= 15 is 4.39 Å². The molecule has 6 amide bonds. The largest absolute Gasteiger partial charge is 0.444 e. The van der Waals surface area contributed by atoms with Crippen molar-refractivity contribution in [2.75, 3.05) is 103 Å². The number of nitrogens with one attached hydrogen (secondary N) is 2. The first-order chi connectivity index (χ1) is 40.0. The van der Waals surface area contributed by atoms with Crippen LogP contribution >= 0.6 is 0 Å². The summed E-state index contributed by atoms with van der Waals surface area (Å²) in [6.45, 7) is 18.0. The maximum atomic E-state index is 15.2. The Hall–Kier alpha value is -7.92. The van der Waals surface area contributed by atoms with Crippen LogP contribution < -0.4 is 10.9 Å². The van der Waals surface area contributed by atoms with Crippen LogP contribution in [0.5, 0.6) is 0 Å². The summed E-state index contributed by atoms with van der Waals surface area (Å²) in [5.41, 5.74) is 1.26. The number of halogens is 1. The zero-order chi connectivity index (χ0) is 59.5. The Kier molecular flexibility index (Phi) is 17.4. The van der Waals surface area contributed by atoms with E-state index in [1.54, 1.807) is 83.1 Å². The lowest BCUT2D eigenvalue weighted by atomic mass is 9.56. The van der Waals surface area contributed by atoms with Gasteiger partial charge < -0.3 is 39.3 Å². The number of fused-ring (bicyclic) bond motifs is 1. The molecule has 1 aliphatic carbocycles. The predicted octanol–water partition coefficient (Wildman–Crippen LogP) is 5.78. The Morgan fingerprint density at radius 2 is 1.43 bits per heavy atom. The van der Waals surface area contributed by atoms with Crippen molar-refractivity contribution in [3.8, 4) is 0 Å². The molecule has 23 heteroatoms. The second kappa shape index (κ2) is 24.7. The molecular formula is C61H76FN13O9. The maximum absolute atomic E-state index is 15.2. The van der Waals surface area contributed by atoms with Crippen molar-refractivity contribution in [3.05, 3.63) is 123 Å². The first kappa shape index (κ1) is 59.2. The van der Waals surface area contributed by atoms with E-state index in [0.29, 0.717) is 72.9 Å². The van der Waals surface area contributed by atoms with Gasteiger partial charge in [0.1, 0.15) is 29.9 Å². The van der Waals surface area contributed by atoms with E-state index in [1.807, 2.05) is 39.0 Å². The van der Waals surface area contributed by atoms with Crippen molar-refractivity contribution < 1.29 is 42.6 Å². The number of aromatic amines is 1. The molecule has 84 heavy (non-hydrogen) atoms. The molecule has 446 valence electrons. The Bertz CT molecular complexity index is 3310. The van der Waals surface area contributed by atoms with E-state index in [4.69, 9.17) is 14.5 Å². The molecule has 1 spiro atoms. The highest BCUT2D eigenvalue weighted by molar-refractivity contribution is 6.03. The third-order valence-electron chi connectivity index (χ3n) is 16.5. The monoisotopic (exact) mass is 1150 g/mol. The van der Waals surface area contributed by atoms with Crippen LogP contribution in [0, 0.1) is 17.2 Å². The molecule has 0 atom stereocenters. The molecule has 0 radical (unpaired) electrons. The Balaban J connectivity index is 0.699. The number of nitrogens with zero attached hydrogens (tertiary/aromatic N) is 11. The minimum absolute atomic E-state index is 0.00659. The second-order valence-electron chi connectivity index (χ2n) is 25.2. The summed E-state index contributed by atoms with van der Waals surface area (Å²) >= 11 is 0. The smallest absolute Gasteiger partial charge is 0.411 e. The molecule has 4 aliphatic heterocycles. The second-order valence-corrected chi connectivity index (χ2v) is 25.2. The van der Waals surface area contributed by atoms with Gasteiger partial charge in [0.05, 0.1) is 41.1 Å². The summed E-state index contributed by atoms with van der Waals surface area (Å²) in [5, 5.41) is 10.9. The number of anilines is 1. The fraction of sp³-hybridized carbons (Fsp3) is 0.525. The Labute approximate surface area is 488 Å². The van der Waals surface area contributed by atoms with Gasteiger partial charge >= 0.3 is 12.2 Å². The molecule has 5 aliphatic rings. The number of carbonyl (C=O) groups is 6. The number of benzene rings is 2. The lowest BCUT2D eigenvalue weighted by Gasteiger charge is -2.58. The van der Waals surface area contributed by atoms with Gasteiger partial charge in [-0.3, -0.25) is 33.8 Å². The number of likely N-dealkylation sites (tertiary alicyclic amines) is 2. The molecule has 0 bridgehead atoms. The van der Waals surface area contributed by atoms with Crippen LogP contribution in [0.2, 0.25) is 0 Å². The van der Waals surface area contributed by atoms with Gasteiger partial charge in [-0.1, -0.05) is 24.3 Å². The van der Waals surface area contributed by atoms with Crippen molar-refractivity contribution in [2.24, 2.45) is 11.3 Å². The first-order valence-corrected chi connectivity index (χ1v) is 29.1. The molecule has 1 saturated carbocycles. The Morgan fingerprint density at radius 1 is 0.762 bits per heavy atom. The molecule has 22 nitrogen and oxygen atoms in total. The van der Waals surface area contributed by atoms with E-state index in [0.717, 1.165) is 64.0 Å². The van der Waals surface area contributed by atoms with Crippen LogP contribution in [0.3, 0.4) is 0 Å². The predicted molar refractivity (Wildman–Crippen MR) is 309 cm³/mol. The Morgan fingerprint density at radius 3 is 2.11 bits per heavy atom. The van der Waals surface area contributed by atoms with Gasteiger partial charge in [0.15, 0.2) is 5.69 Å². The molecule has 5 fully saturated rings. The van der Waals surface area contributed by atoms with Gasteiger partial charge in [0.25, 0.3) is 17.4 Å². The fourth-order valence-electron chi connectivity index (χ4n) is 12.1. The van der Waals surface area contributed by atoms with E-state index in [-0.39, 0.29) is 90.9 Å². The number of amides is 6. The number of pyridine rings is 1. The molecule has 5 aromatic rings. The van der Waals surface area contributed by atoms with E-state index in [2.05, 4.69) is 35.3 Å². The SMILES string of the molecule is CC(C)(C)OC(=O)N(CC(=O)Nc1cc(C2CC3(C2)CN(C(=O)OC(C)(C)C)C3)cnc1C(=O)N1CCC(CN2CCN(CC(=O)N3CCN(C(=O)c4cc(Cc5n[nH]c(=O)c6ccccc56)ccc4F)CC3)CC2)CC1)Cc1ccncn1. The van der Waals surface area contributed by atoms with Crippen LogP contribution in [0.1, 0.15) is 117 Å². The normalized spacial score (nSPS) is 18.0. The van der Waals surface area contributed by atoms with Crippen molar-refractivity contribution in [1.29, 1.82) is 0 Å². The molecule has 4 saturated heterocycles. The van der Waals surface area contributed by atoms with E-state index in [1.165, 1.54) is 17.3 Å². The summed E-state index contributed by atoms with van der Waals surface area (Å²) in [6, 6.07) is 15.1. The summed E-state index contributed by atoms with van der Waals surface area (Å²) in [7, 11) is 0. The maximum Gasteiger partial charge on any atom is 0.411 e. The molecular weight excluding hydrogens is 1080 g/mol. The lowest BCUT2D eigenvalue weighted by Crippen LogP contribution is -2.63. The summed E-state index contributed by atoms with van der Waals surface area (Å²) in [5.74, 6) is -1.46. The van der Waals surface area contributed by atoms with Crippen LogP contribution in [0.15, 0.2) is 78.1 Å². The van der Waals surface area contributed by atoms with Crippen molar-refractivity contribution in [1.82, 2.24) is 59.4 Å². The highest BCUT2D eigenvalue weighted by Crippen LogP contribution is 2.56. The quantitative estimate of drug-likeness (QED) is 0.134. The summed E-state index contributed by atoms with van der Waals surface area (Å²) in [4.78, 5) is 120. The lowest BCUT2D eigenvalue weighted by molar-refractivity contribution is -0.134. The van der Waals surface area contributed by atoms with Gasteiger partial charge in [-0.15, -0.1) is 0 Å². The summed E-state index contributed by atoms with van der Waals surface area (Å²) in [6.07, 6.45) is 7.09. The van der Waals surface area contributed by atoms with Crippen LogP contribution in [0.25, 0.3) is 10.8 Å². The zero-order valence-electron chi connectivity index (χ0n) is 48.9. The van der Waals surface area contributed by atoms with Gasteiger partial charge in [0.2, 0.25) is 11.8 Å². The van der Waals surface area contributed by atoms with E-state index < -0.39 is 34.9 Å². The zero-order valence-corrected chi connectivity index (χ0v) is 48.9. The number of piperazine rings is 2. The number of aromatic nitrogens is 5. The molecule has 3 aromatic heterocycles. The molecule has 0 unspecified atom stereocenters. The number of H-pyrrole nitrogens is 1. The van der Waals surface area contributed by atoms with E-state index in [9.17, 15) is 33.6 Å². The van der Waals surface area contributed by atoms with Gasteiger partial charge in [0, 0.05) is 115 Å². The van der Waals surface area contributed by atoms with Crippen LogP contribution in [0.4, 0.5) is 19.7 Å². The fourth-order valence-corrected chi connectivity index (χ4v) is 12.1. The highest BCUT2D eigenvalue weighted by Gasteiger charge is 2.55. The molecule has 10 rings (SSSR count). The van der Waals surface area contributed by atoms with Crippen molar-refractivity contribution in [2.45, 2.75) is 97.3 Å². The minimum atomic E-state index is -0.829. The standard InChI is InChI=1S/C61H76FN13O9/c1-59(2,3)83-57(81)74(34-44-13-16-63-39-65-44)35-51(76)66-50-29-42(43-30-61(31-43)37-75(38-61)58(82)84-60(4,5)6)32-64-53(50)56(80)72-17-14-40(15-18-72)33-69-19-21-70(22-20-69)36-52(77)71-23-25-73(26-24-71)55(79)47-27-41(11-12-48(47)62)28-49-45-9-7-8-10-46(45)54(78)68-67-49/h7-13,16,27,29,32,39-40,43H,14-15,17-26,28,30-31,33-38H2,1-6H3,(H,66,76)(H,68,78). The molecule has 2 N–H and O–H groups in total. The number of hydrogen-bond acceptors (Lipinski definition) is 15. The number of carbonyl (C=O) groups excluding carboxylic acids is 6. The highest BCUT2D eigenvalue weighted by atomic mass is 19.1. The van der Waals surface area contributed by atoms with Crippen molar-refractivity contribution >= 4 is 52.3 Å². The number of rotatable bonds is 14.